The van der Waals surface area contributed by atoms with Crippen LogP contribution < -0.4 is 0 Å². The summed E-state index contributed by atoms with van der Waals surface area (Å²) in [5, 5.41) is 7.93. The second-order valence-electron chi connectivity index (χ2n) is 4.97. The molecule has 23 heavy (non-hydrogen) atoms. The van der Waals surface area contributed by atoms with Crippen molar-refractivity contribution in [1.82, 2.24) is 25.0 Å². The zero-order chi connectivity index (χ0) is 16.4. The fraction of sp³-hybridized carbons (Fsp3) is 0.200. The molecule has 0 fully saturated rings. The first-order chi connectivity index (χ1) is 10.9. The van der Waals surface area contributed by atoms with Gasteiger partial charge in [0.05, 0.1) is 29.7 Å². The van der Waals surface area contributed by atoms with Gasteiger partial charge in [-0.3, -0.25) is 9.97 Å². The largest absolute Gasteiger partial charge is 0.416 e. The first kappa shape index (κ1) is 15.1. The number of rotatable bonds is 3. The molecule has 2 aromatic heterocycles. The van der Waals surface area contributed by atoms with E-state index in [0.717, 1.165) is 12.1 Å². The molecule has 1 aromatic carbocycles. The zero-order valence-corrected chi connectivity index (χ0v) is 12.1. The average molecular weight is 319 g/mol. The predicted octanol–water partition coefficient (Wildman–Crippen LogP) is 3.36. The van der Waals surface area contributed by atoms with E-state index in [1.165, 1.54) is 6.07 Å². The fourth-order valence-electron chi connectivity index (χ4n) is 2.12. The number of alkyl halides is 3. The number of hydrogen-bond donors (Lipinski definition) is 0. The highest BCUT2D eigenvalue weighted by Gasteiger charge is 2.30. The van der Waals surface area contributed by atoms with Gasteiger partial charge in [0.2, 0.25) is 0 Å². The molecule has 0 bridgehead atoms. The van der Waals surface area contributed by atoms with Gasteiger partial charge in [-0.05, 0) is 19.1 Å². The minimum absolute atomic E-state index is 0.226. The number of aromatic nitrogens is 5. The van der Waals surface area contributed by atoms with Crippen molar-refractivity contribution in [3.63, 3.8) is 0 Å². The van der Waals surface area contributed by atoms with Gasteiger partial charge < -0.3 is 0 Å². The zero-order valence-electron chi connectivity index (χ0n) is 12.1. The van der Waals surface area contributed by atoms with Crippen LogP contribution in [0.25, 0.3) is 11.3 Å². The molecule has 8 heteroatoms. The number of hydrogen-bond acceptors (Lipinski definition) is 4. The second-order valence-corrected chi connectivity index (χ2v) is 4.97. The molecule has 0 saturated heterocycles. The van der Waals surface area contributed by atoms with Crippen molar-refractivity contribution in [2.45, 2.75) is 19.1 Å². The van der Waals surface area contributed by atoms with Crippen LogP contribution in [-0.4, -0.2) is 25.0 Å². The molecule has 1 atom stereocenters. The van der Waals surface area contributed by atoms with Crippen LogP contribution in [0, 0.1) is 0 Å². The lowest BCUT2D eigenvalue weighted by atomic mass is 10.1. The Labute approximate surface area is 129 Å². The molecule has 0 amide bonds. The van der Waals surface area contributed by atoms with Crippen molar-refractivity contribution in [2.24, 2.45) is 0 Å². The predicted molar refractivity (Wildman–Crippen MR) is 76.3 cm³/mol. The third-order valence-corrected chi connectivity index (χ3v) is 3.40. The molecule has 3 rings (SSSR count). The average Bonchev–Trinajstić information content (AvgIpc) is 3.04. The van der Waals surface area contributed by atoms with Gasteiger partial charge in [0, 0.05) is 18.0 Å². The molecule has 0 radical (unpaired) electrons. The third kappa shape index (κ3) is 3.20. The summed E-state index contributed by atoms with van der Waals surface area (Å²) in [6.45, 7) is 1.86. The highest BCUT2D eigenvalue weighted by Crippen LogP contribution is 2.31. The molecular formula is C15H12F3N5. The highest BCUT2D eigenvalue weighted by atomic mass is 19.4. The molecule has 0 spiro atoms. The van der Waals surface area contributed by atoms with E-state index in [2.05, 4.69) is 20.3 Å². The van der Waals surface area contributed by atoms with E-state index in [1.807, 2.05) is 6.92 Å². The number of halogens is 3. The van der Waals surface area contributed by atoms with E-state index in [1.54, 1.807) is 35.5 Å². The molecule has 2 heterocycles. The van der Waals surface area contributed by atoms with Crippen molar-refractivity contribution in [2.75, 3.05) is 0 Å². The molecule has 5 nitrogen and oxygen atoms in total. The summed E-state index contributed by atoms with van der Waals surface area (Å²) in [5.41, 5.74) is 0.698. The van der Waals surface area contributed by atoms with Gasteiger partial charge in [-0.25, -0.2) is 4.68 Å². The molecule has 0 N–H and O–H groups in total. The Morgan fingerprint density at radius 3 is 2.70 bits per heavy atom. The lowest BCUT2D eigenvalue weighted by Gasteiger charge is -2.09. The molecule has 1 unspecified atom stereocenters. The maximum atomic E-state index is 12.8. The summed E-state index contributed by atoms with van der Waals surface area (Å²) < 4.78 is 39.9. The lowest BCUT2D eigenvalue weighted by Crippen LogP contribution is -2.09. The van der Waals surface area contributed by atoms with Crippen molar-refractivity contribution >= 4 is 0 Å². The van der Waals surface area contributed by atoms with Crippen LogP contribution in [0.3, 0.4) is 0 Å². The lowest BCUT2D eigenvalue weighted by molar-refractivity contribution is -0.137. The summed E-state index contributed by atoms with van der Waals surface area (Å²) in [6.07, 6.45) is 1.94. The van der Waals surface area contributed by atoms with Crippen LogP contribution in [0.2, 0.25) is 0 Å². The van der Waals surface area contributed by atoms with Crippen LogP contribution in [0.1, 0.15) is 24.2 Å². The van der Waals surface area contributed by atoms with Crippen molar-refractivity contribution in [3.05, 3.63) is 60.3 Å². The summed E-state index contributed by atoms with van der Waals surface area (Å²) in [7, 11) is 0. The Balaban J connectivity index is 1.91. The summed E-state index contributed by atoms with van der Waals surface area (Å²) in [6, 6.07) is 4.77. The Morgan fingerprint density at radius 2 is 2.00 bits per heavy atom. The van der Waals surface area contributed by atoms with E-state index < -0.39 is 11.7 Å². The van der Waals surface area contributed by atoms with Crippen molar-refractivity contribution in [1.29, 1.82) is 0 Å². The first-order valence-electron chi connectivity index (χ1n) is 6.80. The van der Waals surface area contributed by atoms with Gasteiger partial charge in [-0.2, -0.15) is 13.2 Å². The van der Waals surface area contributed by atoms with Crippen molar-refractivity contribution < 1.29 is 13.2 Å². The van der Waals surface area contributed by atoms with E-state index in [0.29, 0.717) is 17.0 Å². The van der Waals surface area contributed by atoms with Gasteiger partial charge in [0.15, 0.2) is 0 Å². The van der Waals surface area contributed by atoms with Crippen LogP contribution >= 0.6 is 0 Å². The van der Waals surface area contributed by atoms with Crippen molar-refractivity contribution in [3.8, 4) is 11.3 Å². The first-order valence-corrected chi connectivity index (χ1v) is 6.80. The molecule has 0 aliphatic heterocycles. The molecular weight excluding hydrogens is 307 g/mol. The SMILES string of the molecule is CC(c1cnccn1)n1cc(-c2cccc(C(F)(F)F)c2)nn1. The Kier molecular flexibility index (Phi) is 3.81. The highest BCUT2D eigenvalue weighted by molar-refractivity contribution is 5.59. The summed E-state index contributed by atoms with van der Waals surface area (Å²) in [4.78, 5) is 8.17. The van der Waals surface area contributed by atoms with Crippen LogP contribution in [0.4, 0.5) is 13.2 Å². The van der Waals surface area contributed by atoms with Crippen LogP contribution in [0.15, 0.2) is 49.1 Å². The topological polar surface area (TPSA) is 56.5 Å². The van der Waals surface area contributed by atoms with E-state index in [4.69, 9.17) is 0 Å². The number of nitrogens with zero attached hydrogens (tertiary/aromatic N) is 5. The minimum Gasteiger partial charge on any atom is -0.261 e. The Bertz CT molecular complexity index is 798. The normalized spacial score (nSPS) is 13.0. The Morgan fingerprint density at radius 1 is 1.17 bits per heavy atom. The second kappa shape index (κ2) is 5.79. The quantitative estimate of drug-likeness (QED) is 0.743. The fourth-order valence-corrected chi connectivity index (χ4v) is 2.12. The van der Waals surface area contributed by atoms with Gasteiger partial charge in [0.25, 0.3) is 0 Å². The molecule has 0 aliphatic carbocycles. The summed E-state index contributed by atoms with van der Waals surface area (Å²) >= 11 is 0. The standard InChI is InChI=1S/C15H12F3N5/c1-10(13-8-19-5-6-20-13)23-9-14(21-22-23)11-3-2-4-12(7-11)15(16,17)18/h2-10H,1H3. The smallest absolute Gasteiger partial charge is 0.261 e. The maximum Gasteiger partial charge on any atom is 0.416 e. The van der Waals surface area contributed by atoms with Gasteiger partial charge >= 0.3 is 6.18 Å². The van der Waals surface area contributed by atoms with Crippen LogP contribution in [-0.2, 0) is 6.18 Å². The van der Waals surface area contributed by atoms with E-state index in [-0.39, 0.29) is 6.04 Å². The molecule has 0 aliphatic rings. The van der Waals surface area contributed by atoms with Gasteiger partial charge in [-0.15, -0.1) is 5.10 Å². The summed E-state index contributed by atoms with van der Waals surface area (Å²) in [5.74, 6) is 0. The monoisotopic (exact) mass is 319 g/mol. The minimum atomic E-state index is -4.39. The van der Waals surface area contributed by atoms with Gasteiger partial charge in [0.1, 0.15) is 5.69 Å². The molecule has 118 valence electrons. The van der Waals surface area contributed by atoms with Gasteiger partial charge in [-0.1, -0.05) is 17.3 Å². The number of benzene rings is 1. The van der Waals surface area contributed by atoms with Crippen LogP contribution in [0.5, 0.6) is 0 Å². The third-order valence-electron chi connectivity index (χ3n) is 3.40. The maximum absolute atomic E-state index is 12.8. The Hall–Kier alpha value is -2.77. The molecule has 3 aromatic rings. The van der Waals surface area contributed by atoms with E-state index >= 15 is 0 Å². The molecule has 0 saturated carbocycles. The van der Waals surface area contributed by atoms with E-state index in [9.17, 15) is 13.2 Å².